The second kappa shape index (κ2) is 7.26. The minimum Gasteiger partial charge on any atom is -0.481 e. The Labute approximate surface area is 144 Å². The van der Waals surface area contributed by atoms with Crippen molar-refractivity contribution < 1.29 is 14.4 Å². The monoisotopic (exact) mass is 334 g/mol. The first kappa shape index (κ1) is 17.5. The van der Waals surface area contributed by atoms with Gasteiger partial charge in [-0.2, -0.15) is 0 Å². The number of aromatic nitrogens is 1. The van der Waals surface area contributed by atoms with Crippen LogP contribution >= 0.6 is 0 Å². The highest BCUT2D eigenvalue weighted by Gasteiger charge is 2.38. The average molecular weight is 334 g/mol. The molecule has 0 unspecified atom stereocenters. The molecule has 134 valence electrons. The molecule has 3 rings (SSSR count). The Morgan fingerprint density at radius 3 is 2.54 bits per heavy atom. The summed E-state index contributed by atoms with van der Waals surface area (Å²) in [5.41, 5.74) is 2.78. The largest absolute Gasteiger partial charge is 0.481 e. The lowest BCUT2D eigenvalue weighted by atomic mass is 9.65. The SMILES string of the molecule is CCc1onc(C)c1CN1CCC2(CCC(CC(=O)O)CC2)CC1. The number of piperidine rings is 1. The van der Waals surface area contributed by atoms with E-state index in [9.17, 15) is 4.79 Å². The first-order valence-electron chi connectivity index (χ1n) is 9.39. The Morgan fingerprint density at radius 2 is 1.96 bits per heavy atom. The number of likely N-dealkylation sites (tertiary alicyclic amines) is 1. The number of nitrogens with zero attached hydrogens (tertiary/aromatic N) is 2. The Kier molecular flexibility index (Phi) is 5.28. The zero-order valence-corrected chi connectivity index (χ0v) is 15.0. The highest BCUT2D eigenvalue weighted by atomic mass is 16.5. The quantitative estimate of drug-likeness (QED) is 0.887. The molecule has 24 heavy (non-hydrogen) atoms. The number of rotatable bonds is 5. The molecule has 2 fully saturated rings. The lowest BCUT2D eigenvalue weighted by Gasteiger charge is -2.46. The van der Waals surface area contributed by atoms with Crippen molar-refractivity contribution in [1.82, 2.24) is 10.1 Å². The van der Waals surface area contributed by atoms with Gasteiger partial charge in [-0.1, -0.05) is 12.1 Å². The van der Waals surface area contributed by atoms with Crippen molar-refractivity contribution in [2.24, 2.45) is 11.3 Å². The van der Waals surface area contributed by atoms with Crippen molar-refractivity contribution in [1.29, 1.82) is 0 Å². The van der Waals surface area contributed by atoms with Gasteiger partial charge in [0.25, 0.3) is 0 Å². The Balaban J connectivity index is 1.51. The summed E-state index contributed by atoms with van der Waals surface area (Å²) in [6.45, 7) is 7.38. The van der Waals surface area contributed by atoms with Crippen LogP contribution in [0.4, 0.5) is 0 Å². The van der Waals surface area contributed by atoms with E-state index in [0.717, 1.165) is 50.4 Å². The number of aliphatic carboxylic acids is 1. The molecule has 0 radical (unpaired) electrons. The molecule has 1 saturated carbocycles. The maximum Gasteiger partial charge on any atom is 0.303 e. The number of carboxylic acid groups (broad SMARTS) is 1. The first-order valence-corrected chi connectivity index (χ1v) is 9.39. The van der Waals surface area contributed by atoms with Crippen molar-refractivity contribution in [2.75, 3.05) is 13.1 Å². The number of carboxylic acids is 1. The predicted molar refractivity (Wildman–Crippen MR) is 91.8 cm³/mol. The molecule has 1 spiro atoms. The predicted octanol–water partition coefficient (Wildman–Crippen LogP) is 3.79. The van der Waals surface area contributed by atoms with Crippen LogP contribution in [-0.2, 0) is 17.8 Å². The van der Waals surface area contributed by atoms with Crippen LogP contribution in [0.2, 0.25) is 0 Å². The van der Waals surface area contributed by atoms with Gasteiger partial charge in [0.15, 0.2) is 0 Å². The fraction of sp³-hybridized carbons (Fsp3) is 0.789. The standard InChI is InChI=1S/C19H30N2O3/c1-3-17-16(14(2)20-24-17)13-21-10-8-19(9-11-21)6-4-15(5-7-19)12-18(22)23/h15H,3-13H2,1-2H3,(H,22,23). The fourth-order valence-corrected chi connectivity index (χ4v) is 4.57. The third kappa shape index (κ3) is 3.82. The summed E-state index contributed by atoms with van der Waals surface area (Å²) in [4.78, 5) is 13.4. The van der Waals surface area contributed by atoms with Crippen LogP contribution in [0.1, 0.15) is 68.9 Å². The molecular weight excluding hydrogens is 304 g/mol. The number of aryl methyl sites for hydroxylation is 2. The molecule has 2 aliphatic rings. The number of carbonyl (C=O) groups is 1. The van der Waals surface area contributed by atoms with E-state index in [1.165, 1.54) is 31.2 Å². The summed E-state index contributed by atoms with van der Waals surface area (Å²) < 4.78 is 5.41. The third-order valence-electron chi connectivity index (χ3n) is 6.31. The van der Waals surface area contributed by atoms with Gasteiger partial charge in [0, 0.05) is 24.9 Å². The smallest absolute Gasteiger partial charge is 0.303 e. The molecule has 1 saturated heterocycles. The molecule has 1 aromatic rings. The van der Waals surface area contributed by atoms with E-state index in [1.54, 1.807) is 0 Å². The summed E-state index contributed by atoms with van der Waals surface area (Å²) in [5, 5.41) is 13.1. The highest BCUT2D eigenvalue weighted by molar-refractivity contribution is 5.67. The normalized spacial score (nSPS) is 22.1. The lowest BCUT2D eigenvalue weighted by molar-refractivity contribution is -0.138. The second-order valence-corrected chi connectivity index (χ2v) is 7.84. The van der Waals surface area contributed by atoms with Gasteiger partial charge in [-0.3, -0.25) is 9.69 Å². The van der Waals surface area contributed by atoms with Crippen LogP contribution in [0.15, 0.2) is 4.52 Å². The van der Waals surface area contributed by atoms with Crippen LogP contribution in [0.25, 0.3) is 0 Å². The summed E-state index contributed by atoms with van der Waals surface area (Å²) in [7, 11) is 0. The van der Waals surface area contributed by atoms with Crippen molar-refractivity contribution in [2.45, 2.75) is 71.8 Å². The topological polar surface area (TPSA) is 66.6 Å². The van der Waals surface area contributed by atoms with Crippen LogP contribution < -0.4 is 0 Å². The molecule has 5 nitrogen and oxygen atoms in total. The molecule has 0 atom stereocenters. The van der Waals surface area contributed by atoms with Gasteiger partial charge in [0.05, 0.1) is 5.69 Å². The average Bonchev–Trinajstić information content (AvgIpc) is 2.92. The van der Waals surface area contributed by atoms with E-state index >= 15 is 0 Å². The minimum atomic E-state index is -0.637. The maximum atomic E-state index is 10.9. The van der Waals surface area contributed by atoms with Crippen LogP contribution in [0, 0.1) is 18.3 Å². The molecule has 5 heteroatoms. The molecule has 0 bridgehead atoms. The molecule has 2 heterocycles. The fourth-order valence-electron chi connectivity index (χ4n) is 4.57. The van der Waals surface area contributed by atoms with Gasteiger partial charge < -0.3 is 9.63 Å². The molecule has 0 aromatic carbocycles. The van der Waals surface area contributed by atoms with Gasteiger partial charge in [0.1, 0.15) is 5.76 Å². The van der Waals surface area contributed by atoms with E-state index < -0.39 is 5.97 Å². The van der Waals surface area contributed by atoms with Crippen LogP contribution in [0.5, 0.6) is 0 Å². The maximum absolute atomic E-state index is 10.9. The van der Waals surface area contributed by atoms with Crippen molar-refractivity contribution in [3.8, 4) is 0 Å². The Morgan fingerprint density at radius 1 is 1.29 bits per heavy atom. The second-order valence-electron chi connectivity index (χ2n) is 7.84. The minimum absolute atomic E-state index is 0.356. The molecule has 1 aromatic heterocycles. The first-order chi connectivity index (χ1) is 11.5. The van der Waals surface area contributed by atoms with E-state index in [2.05, 4.69) is 17.0 Å². The third-order valence-corrected chi connectivity index (χ3v) is 6.31. The van der Waals surface area contributed by atoms with E-state index in [-0.39, 0.29) is 0 Å². The lowest BCUT2D eigenvalue weighted by Crippen LogP contribution is -2.41. The van der Waals surface area contributed by atoms with Gasteiger partial charge >= 0.3 is 5.97 Å². The molecular formula is C19H30N2O3. The summed E-state index contributed by atoms with van der Waals surface area (Å²) >= 11 is 0. The van der Waals surface area contributed by atoms with Gasteiger partial charge in [-0.15, -0.1) is 0 Å². The zero-order valence-electron chi connectivity index (χ0n) is 15.0. The summed E-state index contributed by atoms with van der Waals surface area (Å²) in [6, 6.07) is 0. The molecule has 1 aliphatic heterocycles. The van der Waals surface area contributed by atoms with E-state index in [1.807, 2.05) is 6.92 Å². The van der Waals surface area contributed by atoms with Crippen molar-refractivity contribution in [3.05, 3.63) is 17.0 Å². The summed E-state index contributed by atoms with van der Waals surface area (Å²) in [6.07, 6.45) is 8.37. The van der Waals surface area contributed by atoms with Crippen LogP contribution in [0.3, 0.4) is 0 Å². The molecule has 1 aliphatic carbocycles. The van der Waals surface area contributed by atoms with Crippen molar-refractivity contribution in [3.63, 3.8) is 0 Å². The number of hydrogen-bond donors (Lipinski definition) is 1. The number of hydrogen-bond acceptors (Lipinski definition) is 4. The van der Waals surface area contributed by atoms with E-state index in [0.29, 0.717) is 17.8 Å². The summed E-state index contributed by atoms with van der Waals surface area (Å²) in [5.74, 6) is 0.793. The highest BCUT2D eigenvalue weighted by Crippen LogP contribution is 2.47. The molecule has 0 amide bonds. The van der Waals surface area contributed by atoms with Crippen molar-refractivity contribution >= 4 is 5.97 Å². The van der Waals surface area contributed by atoms with Gasteiger partial charge in [-0.05, 0) is 69.9 Å². The van der Waals surface area contributed by atoms with Gasteiger partial charge in [-0.25, -0.2) is 0 Å². The Hall–Kier alpha value is -1.36. The van der Waals surface area contributed by atoms with Gasteiger partial charge in [0.2, 0.25) is 0 Å². The molecule has 1 N–H and O–H groups in total. The van der Waals surface area contributed by atoms with E-state index in [4.69, 9.17) is 9.63 Å². The Bertz CT molecular complexity index is 563. The van der Waals surface area contributed by atoms with Crippen LogP contribution in [-0.4, -0.2) is 34.2 Å². The zero-order chi connectivity index (χ0) is 17.2.